The molecule has 154 valence electrons. The van der Waals surface area contributed by atoms with Crippen molar-refractivity contribution in [2.75, 3.05) is 34.9 Å². The minimum atomic E-state index is 0.667. The van der Waals surface area contributed by atoms with Gasteiger partial charge in [-0.15, -0.1) is 0 Å². The lowest BCUT2D eigenvalue weighted by atomic mass is 10.2. The standard InChI is InChI=1S/C22H29N5O2/c1-16-7-6-12-27-15-18(25-21(16)27)10-11-24-22(23-2)26(3)14-17-8-9-19(28-4)13-20(17)29-5/h6-9,12-13,15H,10-11,14H2,1-5H3,(H,23,24). The topological polar surface area (TPSA) is 63.4 Å². The second kappa shape index (κ2) is 9.32. The van der Waals surface area contributed by atoms with Crippen LogP contribution in [0.25, 0.3) is 5.65 Å². The second-order valence-corrected chi connectivity index (χ2v) is 6.91. The maximum Gasteiger partial charge on any atom is 0.193 e. The number of guanidine groups is 1. The molecule has 2 heterocycles. The van der Waals surface area contributed by atoms with Crippen LogP contribution in [0.5, 0.6) is 11.5 Å². The van der Waals surface area contributed by atoms with E-state index in [1.165, 1.54) is 5.56 Å². The molecule has 0 aliphatic heterocycles. The van der Waals surface area contributed by atoms with Crippen molar-refractivity contribution in [1.82, 2.24) is 19.6 Å². The predicted octanol–water partition coefficient (Wildman–Crippen LogP) is 2.91. The Morgan fingerprint density at radius 1 is 1.24 bits per heavy atom. The monoisotopic (exact) mass is 395 g/mol. The Bertz CT molecular complexity index is 996. The number of aryl methyl sites for hydroxylation is 1. The first-order valence-electron chi connectivity index (χ1n) is 9.61. The molecule has 0 saturated heterocycles. The van der Waals surface area contributed by atoms with Crippen LogP contribution in [0, 0.1) is 6.92 Å². The lowest BCUT2D eigenvalue weighted by molar-refractivity contribution is 0.382. The zero-order valence-corrected chi connectivity index (χ0v) is 17.8. The van der Waals surface area contributed by atoms with Crippen molar-refractivity contribution in [3.05, 3.63) is 59.5 Å². The van der Waals surface area contributed by atoms with Gasteiger partial charge in [-0.2, -0.15) is 0 Å². The third kappa shape index (κ3) is 4.80. The summed E-state index contributed by atoms with van der Waals surface area (Å²) in [5.41, 5.74) is 4.31. The third-order valence-corrected chi connectivity index (χ3v) is 4.87. The Kier molecular flexibility index (Phi) is 6.59. The number of imidazole rings is 1. The van der Waals surface area contributed by atoms with Gasteiger partial charge in [-0.25, -0.2) is 4.98 Å². The number of pyridine rings is 1. The summed E-state index contributed by atoms with van der Waals surface area (Å²) in [4.78, 5) is 11.2. The van der Waals surface area contributed by atoms with Crippen LogP contribution in [-0.4, -0.2) is 55.1 Å². The van der Waals surface area contributed by atoms with Crippen molar-refractivity contribution < 1.29 is 9.47 Å². The van der Waals surface area contributed by atoms with Gasteiger partial charge in [0.1, 0.15) is 17.1 Å². The highest BCUT2D eigenvalue weighted by Gasteiger charge is 2.11. The number of benzene rings is 1. The quantitative estimate of drug-likeness (QED) is 0.492. The molecule has 0 radical (unpaired) electrons. The fourth-order valence-corrected chi connectivity index (χ4v) is 3.32. The van der Waals surface area contributed by atoms with Crippen LogP contribution in [-0.2, 0) is 13.0 Å². The molecule has 0 saturated carbocycles. The zero-order chi connectivity index (χ0) is 20.8. The first kappa shape index (κ1) is 20.5. The molecule has 0 amide bonds. The number of methoxy groups -OCH3 is 2. The highest BCUT2D eigenvalue weighted by Crippen LogP contribution is 2.25. The maximum atomic E-state index is 5.50. The number of aromatic nitrogens is 2. The maximum absolute atomic E-state index is 5.50. The van der Waals surface area contributed by atoms with Gasteiger partial charge in [-0.3, -0.25) is 4.99 Å². The van der Waals surface area contributed by atoms with E-state index in [4.69, 9.17) is 14.5 Å². The normalized spacial score (nSPS) is 11.6. The minimum absolute atomic E-state index is 0.667. The van der Waals surface area contributed by atoms with E-state index in [1.54, 1.807) is 21.3 Å². The number of hydrogen-bond donors (Lipinski definition) is 1. The first-order chi connectivity index (χ1) is 14.0. The van der Waals surface area contributed by atoms with Crippen LogP contribution in [0.3, 0.4) is 0 Å². The minimum Gasteiger partial charge on any atom is -0.497 e. The van der Waals surface area contributed by atoms with E-state index in [-0.39, 0.29) is 0 Å². The average molecular weight is 396 g/mol. The Morgan fingerprint density at radius 3 is 2.76 bits per heavy atom. The molecular formula is C22H29N5O2. The number of nitrogens with zero attached hydrogens (tertiary/aromatic N) is 4. The Balaban J connectivity index is 1.60. The number of fused-ring (bicyclic) bond motifs is 1. The average Bonchev–Trinajstić information content (AvgIpc) is 3.15. The summed E-state index contributed by atoms with van der Waals surface area (Å²) in [6.45, 7) is 3.49. The molecule has 3 rings (SSSR count). The molecule has 7 heteroatoms. The predicted molar refractivity (Wildman–Crippen MR) is 116 cm³/mol. The highest BCUT2D eigenvalue weighted by molar-refractivity contribution is 5.79. The van der Waals surface area contributed by atoms with Gasteiger partial charge in [-0.1, -0.05) is 6.07 Å². The van der Waals surface area contributed by atoms with Crippen molar-refractivity contribution in [2.24, 2.45) is 4.99 Å². The molecule has 0 bridgehead atoms. The number of ether oxygens (including phenoxy) is 2. The third-order valence-electron chi connectivity index (χ3n) is 4.87. The van der Waals surface area contributed by atoms with Crippen LogP contribution in [0.15, 0.2) is 47.7 Å². The first-order valence-corrected chi connectivity index (χ1v) is 9.61. The molecule has 2 aromatic heterocycles. The van der Waals surface area contributed by atoms with Crippen molar-refractivity contribution in [1.29, 1.82) is 0 Å². The van der Waals surface area contributed by atoms with Crippen molar-refractivity contribution in [3.63, 3.8) is 0 Å². The largest absolute Gasteiger partial charge is 0.497 e. The molecular weight excluding hydrogens is 366 g/mol. The summed E-state index contributed by atoms with van der Waals surface area (Å²) in [6.07, 6.45) is 4.93. The van der Waals surface area contributed by atoms with Crippen LogP contribution in [0.2, 0.25) is 0 Å². The second-order valence-electron chi connectivity index (χ2n) is 6.91. The molecule has 0 spiro atoms. The van der Waals surface area contributed by atoms with Crippen molar-refractivity contribution in [2.45, 2.75) is 19.9 Å². The number of nitrogens with one attached hydrogen (secondary N) is 1. The van der Waals surface area contributed by atoms with E-state index >= 15 is 0 Å². The molecule has 7 nitrogen and oxygen atoms in total. The van der Waals surface area contributed by atoms with Gasteiger partial charge in [0.15, 0.2) is 5.96 Å². The van der Waals surface area contributed by atoms with Crippen molar-refractivity contribution >= 4 is 11.6 Å². The smallest absolute Gasteiger partial charge is 0.193 e. The van der Waals surface area contributed by atoms with Crippen LogP contribution in [0.1, 0.15) is 16.8 Å². The van der Waals surface area contributed by atoms with E-state index in [9.17, 15) is 0 Å². The molecule has 1 aromatic carbocycles. The molecule has 0 aliphatic rings. The Hall–Kier alpha value is -3.22. The summed E-state index contributed by atoms with van der Waals surface area (Å²) >= 11 is 0. The summed E-state index contributed by atoms with van der Waals surface area (Å²) in [6, 6.07) is 9.96. The van der Waals surface area contributed by atoms with E-state index in [0.717, 1.165) is 47.3 Å². The fourth-order valence-electron chi connectivity index (χ4n) is 3.32. The van der Waals surface area contributed by atoms with Gasteiger partial charge in [0.2, 0.25) is 0 Å². The molecule has 0 aliphatic carbocycles. The van der Waals surface area contributed by atoms with Crippen molar-refractivity contribution in [3.8, 4) is 11.5 Å². The fraction of sp³-hybridized carbons (Fsp3) is 0.364. The Labute approximate surface area is 172 Å². The van der Waals surface area contributed by atoms with E-state index in [0.29, 0.717) is 6.54 Å². The van der Waals surface area contributed by atoms with Gasteiger partial charge < -0.3 is 24.1 Å². The molecule has 1 N–H and O–H groups in total. The van der Waals surface area contributed by atoms with Gasteiger partial charge >= 0.3 is 0 Å². The van der Waals surface area contributed by atoms with Gasteiger partial charge in [0, 0.05) is 57.6 Å². The lowest BCUT2D eigenvalue weighted by Crippen LogP contribution is -2.39. The van der Waals surface area contributed by atoms with Crippen LogP contribution >= 0.6 is 0 Å². The van der Waals surface area contributed by atoms with Gasteiger partial charge in [0.05, 0.1) is 19.9 Å². The number of rotatable bonds is 7. The molecule has 29 heavy (non-hydrogen) atoms. The highest BCUT2D eigenvalue weighted by atomic mass is 16.5. The number of hydrogen-bond acceptors (Lipinski definition) is 4. The number of aliphatic imine (C=N–C) groups is 1. The zero-order valence-electron chi connectivity index (χ0n) is 17.8. The SMILES string of the molecule is CN=C(NCCc1cn2cccc(C)c2n1)N(C)Cc1ccc(OC)cc1OC. The lowest BCUT2D eigenvalue weighted by Gasteiger charge is -2.23. The summed E-state index contributed by atoms with van der Waals surface area (Å²) < 4.78 is 12.8. The van der Waals surface area contributed by atoms with Gasteiger partial charge in [-0.05, 0) is 30.7 Å². The molecule has 0 atom stereocenters. The summed E-state index contributed by atoms with van der Waals surface area (Å²) in [5.74, 6) is 2.40. The molecule has 3 aromatic rings. The van der Waals surface area contributed by atoms with Crippen LogP contribution < -0.4 is 14.8 Å². The summed E-state index contributed by atoms with van der Waals surface area (Å²) in [5, 5.41) is 3.42. The van der Waals surface area contributed by atoms with Gasteiger partial charge in [0.25, 0.3) is 0 Å². The summed E-state index contributed by atoms with van der Waals surface area (Å²) in [7, 11) is 7.12. The van der Waals surface area contributed by atoms with E-state index < -0.39 is 0 Å². The molecule has 0 fully saturated rings. The molecule has 0 unspecified atom stereocenters. The Morgan fingerprint density at radius 2 is 2.07 bits per heavy atom. The van der Waals surface area contributed by atoms with E-state index in [2.05, 4.69) is 38.8 Å². The van der Waals surface area contributed by atoms with Crippen LogP contribution in [0.4, 0.5) is 0 Å². The van der Waals surface area contributed by atoms with E-state index in [1.807, 2.05) is 37.5 Å².